The van der Waals surface area contributed by atoms with E-state index in [4.69, 9.17) is 0 Å². The molecule has 0 bridgehead atoms. The van der Waals surface area contributed by atoms with Gasteiger partial charge >= 0.3 is 0 Å². The van der Waals surface area contributed by atoms with E-state index in [-0.39, 0.29) is 35.3 Å². The van der Waals surface area contributed by atoms with E-state index in [1.165, 1.54) is 24.8 Å². The molecule has 0 radical (unpaired) electrons. The van der Waals surface area contributed by atoms with Crippen molar-refractivity contribution < 1.29 is 19.8 Å². The Morgan fingerprint density at radius 2 is 1.78 bits per heavy atom. The highest BCUT2D eigenvalue weighted by molar-refractivity contribution is 6.72. The Morgan fingerprint density at radius 3 is 2.41 bits per heavy atom. The highest BCUT2D eigenvalue weighted by Crippen LogP contribution is 2.44. The van der Waals surface area contributed by atoms with Gasteiger partial charge in [-0.1, -0.05) is 63.4 Å². The number of amides is 1. The van der Waals surface area contributed by atoms with Crippen LogP contribution in [0.5, 0.6) is 5.75 Å². The van der Waals surface area contributed by atoms with E-state index in [1.54, 1.807) is 6.07 Å². The summed E-state index contributed by atoms with van der Waals surface area (Å²) >= 11 is 0. The molecule has 0 spiro atoms. The highest BCUT2D eigenvalue weighted by atomic mass is 28.4. The summed E-state index contributed by atoms with van der Waals surface area (Å²) in [6.45, 7) is 13.8. The number of carbonyl (C=O) groups is 1. The number of nitrogens with zero attached hydrogens (tertiary/aromatic N) is 1. The minimum absolute atomic E-state index is 0.103. The van der Waals surface area contributed by atoms with Gasteiger partial charge in [-0.2, -0.15) is 0 Å². The van der Waals surface area contributed by atoms with Crippen LogP contribution in [-0.4, -0.2) is 59.3 Å². The van der Waals surface area contributed by atoms with Crippen molar-refractivity contribution in [2.75, 3.05) is 13.1 Å². The molecule has 1 aliphatic carbocycles. The van der Waals surface area contributed by atoms with Crippen LogP contribution in [0, 0.1) is 0 Å². The number of benzene rings is 2. The zero-order valence-corrected chi connectivity index (χ0v) is 27.2. The zero-order chi connectivity index (χ0) is 30.2. The number of carbonyl (C=O) groups excluding carboxylic acids is 1. The minimum atomic E-state index is -2.43. The van der Waals surface area contributed by atoms with Crippen molar-refractivity contribution in [2.24, 2.45) is 0 Å². The van der Waals surface area contributed by atoms with Crippen LogP contribution in [0.4, 0.5) is 0 Å². The number of aliphatic hydroxyl groups excluding tert-OH is 1. The maximum Gasteiger partial charge on any atom is 0.227 e. The third-order valence-electron chi connectivity index (χ3n) is 9.44. The number of rotatable bonds is 14. The van der Waals surface area contributed by atoms with Gasteiger partial charge < -0.3 is 25.2 Å². The lowest BCUT2D eigenvalue weighted by Gasteiger charge is -2.38. The van der Waals surface area contributed by atoms with Gasteiger partial charge in [-0.25, -0.2) is 0 Å². The second kappa shape index (κ2) is 14.8. The number of hydrogen-bond donors (Lipinski definition) is 4. The molecule has 0 aromatic heterocycles. The van der Waals surface area contributed by atoms with E-state index in [0.717, 1.165) is 49.9 Å². The first kappa shape index (κ1) is 33.3. The molecule has 2 atom stereocenters. The van der Waals surface area contributed by atoms with Gasteiger partial charge in [0, 0.05) is 30.7 Å². The van der Waals surface area contributed by atoms with Gasteiger partial charge in [0.15, 0.2) is 8.32 Å². The molecule has 2 aromatic rings. The molecular formula is C34H54N2O4Si. The molecule has 4 N–H and O–H groups in total. The molecule has 0 aliphatic heterocycles. The number of nitrogens with one attached hydrogen (secondary N) is 1. The lowest BCUT2D eigenvalue weighted by Crippen LogP contribution is -2.42. The fraction of sp³-hybridized carbons (Fsp3) is 0.618. The number of hydrogen-bond acceptors (Lipinski definition) is 5. The summed E-state index contributed by atoms with van der Waals surface area (Å²) < 4.78 is 0. The van der Waals surface area contributed by atoms with Crippen LogP contribution in [0.3, 0.4) is 0 Å². The van der Waals surface area contributed by atoms with Crippen LogP contribution in [-0.2, 0) is 24.2 Å². The molecule has 3 rings (SSSR count). The van der Waals surface area contributed by atoms with Crippen LogP contribution in [0.1, 0.15) is 94.4 Å². The van der Waals surface area contributed by atoms with Crippen molar-refractivity contribution in [3.63, 3.8) is 0 Å². The topological polar surface area (TPSA) is 93.0 Å². The molecule has 7 heteroatoms. The van der Waals surface area contributed by atoms with Crippen LogP contribution in [0.25, 0.3) is 0 Å². The molecule has 0 unspecified atom stereocenters. The lowest BCUT2D eigenvalue weighted by atomic mass is 9.88. The molecule has 1 aliphatic rings. The van der Waals surface area contributed by atoms with E-state index in [0.29, 0.717) is 18.0 Å². The molecule has 2 aromatic carbocycles. The monoisotopic (exact) mass is 582 g/mol. The zero-order valence-electron chi connectivity index (χ0n) is 26.2. The first-order valence-electron chi connectivity index (χ1n) is 15.6. The minimum Gasteiger partial charge on any atom is -0.508 e. The maximum absolute atomic E-state index is 13.2. The summed E-state index contributed by atoms with van der Waals surface area (Å²) in [5.74, 6) is 0.451. The number of phenols is 1. The van der Waals surface area contributed by atoms with Gasteiger partial charge in [-0.15, -0.1) is 0 Å². The lowest BCUT2D eigenvalue weighted by molar-refractivity contribution is -0.133. The van der Waals surface area contributed by atoms with E-state index in [2.05, 4.69) is 62.2 Å². The molecule has 1 fully saturated rings. The SMILES string of the molecule is CCN(C(=O)Cc1cccc(C[C@@H](C)NC[C@H](CC(C)(C)[Si](C)(C)O)c2ccc(O)c(CO)c2)c1)C1CCCCC1. The molecule has 1 saturated carbocycles. The summed E-state index contributed by atoms with van der Waals surface area (Å²) in [4.78, 5) is 26.3. The first-order chi connectivity index (χ1) is 19.3. The second-order valence-corrected chi connectivity index (χ2v) is 17.8. The Bertz CT molecular complexity index is 1120. The Hall–Kier alpha value is -2.19. The normalized spacial score (nSPS) is 16.4. The second-order valence-electron chi connectivity index (χ2n) is 13.4. The molecule has 6 nitrogen and oxygen atoms in total. The quantitative estimate of drug-likeness (QED) is 0.197. The van der Waals surface area contributed by atoms with Crippen molar-refractivity contribution in [3.8, 4) is 5.75 Å². The average Bonchev–Trinajstić information content (AvgIpc) is 2.92. The third kappa shape index (κ3) is 9.40. The summed E-state index contributed by atoms with van der Waals surface area (Å²) in [7, 11) is -2.43. The Kier molecular flexibility index (Phi) is 12.0. The number of aliphatic hydroxyl groups is 1. The van der Waals surface area contributed by atoms with Crippen molar-refractivity contribution >= 4 is 14.2 Å². The number of aromatic hydroxyl groups is 1. The predicted octanol–water partition coefficient (Wildman–Crippen LogP) is 6.28. The molecule has 41 heavy (non-hydrogen) atoms. The molecular weight excluding hydrogens is 528 g/mol. The van der Waals surface area contributed by atoms with Gasteiger partial charge in [0.2, 0.25) is 5.91 Å². The molecule has 1 amide bonds. The fourth-order valence-electron chi connectivity index (χ4n) is 6.10. The van der Waals surface area contributed by atoms with Gasteiger partial charge in [-0.3, -0.25) is 4.79 Å². The Labute approximate surface area is 249 Å². The van der Waals surface area contributed by atoms with Gasteiger partial charge in [-0.05, 0) is 92.4 Å². The van der Waals surface area contributed by atoms with Crippen LogP contribution >= 0.6 is 0 Å². The van der Waals surface area contributed by atoms with E-state index < -0.39 is 8.32 Å². The smallest absolute Gasteiger partial charge is 0.227 e. The van der Waals surface area contributed by atoms with Crippen LogP contribution in [0.15, 0.2) is 42.5 Å². The van der Waals surface area contributed by atoms with Gasteiger partial charge in [0.1, 0.15) is 5.75 Å². The van der Waals surface area contributed by atoms with Crippen LogP contribution < -0.4 is 5.32 Å². The highest BCUT2D eigenvalue weighted by Gasteiger charge is 2.40. The third-order valence-corrected chi connectivity index (χ3v) is 13.0. The van der Waals surface area contributed by atoms with Crippen molar-refractivity contribution in [2.45, 2.75) is 122 Å². The fourth-order valence-corrected chi connectivity index (χ4v) is 6.85. The molecule has 228 valence electrons. The van der Waals surface area contributed by atoms with E-state index >= 15 is 0 Å². The Balaban J connectivity index is 1.66. The van der Waals surface area contributed by atoms with Crippen molar-refractivity contribution in [1.29, 1.82) is 0 Å². The van der Waals surface area contributed by atoms with Gasteiger partial charge in [0.25, 0.3) is 0 Å². The van der Waals surface area contributed by atoms with Gasteiger partial charge in [0.05, 0.1) is 13.0 Å². The predicted molar refractivity (Wildman–Crippen MR) is 171 cm³/mol. The van der Waals surface area contributed by atoms with E-state index in [1.807, 2.05) is 25.2 Å². The maximum atomic E-state index is 13.2. The van der Waals surface area contributed by atoms with Crippen molar-refractivity contribution in [1.82, 2.24) is 10.2 Å². The summed E-state index contributed by atoms with van der Waals surface area (Å²) in [6.07, 6.45) is 8.08. The standard InChI is InChI=1S/C34H54N2O4Si/c1-7-36(31-14-9-8-10-15-31)33(39)20-27-13-11-12-26(19-27)18-25(2)35-23-30(22-34(3,4)41(5,6)40)28-16-17-32(38)29(21-28)24-37/h11-13,16-17,19,21,25,30-31,35,37-38,40H,7-10,14-15,18,20,22-24H2,1-6H3/t25-,30+/m1/s1. The summed E-state index contributed by atoms with van der Waals surface area (Å²) in [5, 5.41) is 23.3. The van der Waals surface area contributed by atoms with Crippen molar-refractivity contribution in [3.05, 3.63) is 64.7 Å². The molecule has 0 saturated heterocycles. The average molecular weight is 583 g/mol. The number of likely N-dealkylation sites (N-methyl/N-ethyl adjacent to an activating group) is 1. The molecule has 0 heterocycles. The summed E-state index contributed by atoms with van der Waals surface area (Å²) in [6, 6.07) is 14.5. The summed E-state index contributed by atoms with van der Waals surface area (Å²) in [5.41, 5.74) is 3.86. The van der Waals surface area contributed by atoms with E-state index in [9.17, 15) is 19.8 Å². The largest absolute Gasteiger partial charge is 0.508 e. The Morgan fingerprint density at radius 1 is 1.10 bits per heavy atom. The van der Waals surface area contributed by atoms with Crippen LogP contribution in [0.2, 0.25) is 18.1 Å². The first-order valence-corrected chi connectivity index (χ1v) is 18.5.